The topological polar surface area (TPSA) is 55.8 Å². The van der Waals surface area contributed by atoms with Gasteiger partial charge in [0.1, 0.15) is 6.04 Å². The van der Waals surface area contributed by atoms with E-state index in [0.29, 0.717) is 17.9 Å². The zero-order valence-electron chi connectivity index (χ0n) is 13.5. The largest absolute Gasteiger partial charge is 0.480 e. The van der Waals surface area contributed by atoms with E-state index in [1.54, 1.807) is 7.05 Å². The van der Waals surface area contributed by atoms with Crippen molar-refractivity contribution in [2.45, 2.75) is 44.8 Å². The lowest BCUT2D eigenvalue weighted by Crippen LogP contribution is -2.63. The fourth-order valence-electron chi connectivity index (χ4n) is 5.04. The van der Waals surface area contributed by atoms with Crippen LogP contribution in [0.2, 0.25) is 0 Å². The molecule has 4 fully saturated rings. The van der Waals surface area contributed by atoms with E-state index in [-0.39, 0.29) is 6.04 Å². The summed E-state index contributed by atoms with van der Waals surface area (Å²) in [5, 5.41) is 12.7. The van der Waals surface area contributed by atoms with Gasteiger partial charge in [0.25, 0.3) is 0 Å². The summed E-state index contributed by atoms with van der Waals surface area (Å²) >= 11 is 0. The molecule has 0 aliphatic carbocycles. The van der Waals surface area contributed by atoms with Gasteiger partial charge in [-0.1, -0.05) is 13.8 Å². The molecule has 4 aliphatic heterocycles. The maximum Gasteiger partial charge on any atom is 0.322 e. The van der Waals surface area contributed by atoms with Crippen LogP contribution < -0.4 is 5.32 Å². The summed E-state index contributed by atoms with van der Waals surface area (Å²) < 4.78 is 0. The molecule has 0 radical (unpaired) electrons. The van der Waals surface area contributed by atoms with Gasteiger partial charge in [-0.15, -0.1) is 0 Å². The molecule has 21 heavy (non-hydrogen) atoms. The van der Waals surface area contributed by atoms with E-state index in [0.717, 1.165) is 32.1 Å². The molecule has 4 unspecified atom stereocenters. The number of fused-ring (bicyclic) bond motifs is 2. The summed E-state index contributed by atoms with van der Waals surface area (Å²) in [7, 11) is 1.79. The highest BCUT2D eigenvalue weighted by atomic mass is 16.4. The molecule has 4 aliphatic rings. The van der Waals surface area contributed by atoms with Gasteiger partial charge in [0.2, 0.25) is 0 Å². The van der Waals surface area contributed by atoms with Crippen LogP contribution in [0, 0.1) is 17.8 Å². The van der Waals surface area contributed by atoms with Crippen LogP contribution in [0.3, 0.4) is 0 Å². The van der Waals surface area contributed by atoms with Crippen molar-refractivity contribution in [2.24, 2.45) is 17.8 Å². The third-order valence-corrected chi connectivity index (χ3v) is 5.78. The number of nitrogens with one attached hydrogen (secondary N) is 1. The minimum atomic E-state index is -0.709. The van der Waals surface area contributed by atoms with Gasteiger partial charge in [-0.3, -0.25) is 14.6 Å². The fourth-order valence-corrected chi connectivity index (χ4v) is 5.04. The molecule has 2 N–H and O–H groups in total. The summed E-state index contributed by atoms with van der Waals surface area (Å²) in [6, 6.07) is 0.0888. The number of hydrogen-bond acceptors (Lipinski definition) is 4. The fraction of sp³-hybridized carbons (Fsp3) is 0.938. The average molecular weight is 295 g/mol. The lowest BCUT2D eigenvalue weighted by atomic mass is 9.73. The van der Waals surface area contributed by atoms with E-state index in [9.17, 15) is 9.90 Å². The maximum atomic E-state index is 11.7. The Morgan fingerprint density at radius 1 is 1.33 bits per heavy atom. The summed E-state index contributed by atoms with van der Waals surface area (Å²) in [5.41, 5.74) is 0. The Morgan fingerprint density at radius 3 is 2.52 bits per heavy atom. The first-order valence-corrected chi connectivity index (χ1v) is 8.41. The Balaban J connectivity index is 1.89. The van der Waals surface area contributed by atoms with Gasteiger partial charge in [-0.25, -0.2) is 0 Å². The molecular formula is C16H29N3O2. The van der Waals surface area contributed by atoms with Crippen molar-refractivity contribution in [1.29, 1.82) is 0 Å². The molecule has 120 valence electrons. The summed E-state index contributed by atoms with van der Waals surface area (Å²) in [6.45, 7) is 8.86. The quantitative estimate of drug-likeness (QED) is 0.782. The van der Waals surface area contributed by atoms with Gasteiger partial charge in [0.05, 0.1) is 6.04 Å². The normalized spacial score (nSPS) is 40.5. The number of carboxylic acid groups (broad SMARTS) is 1. The predicted molar refractivity (Wildman–Crippen MR) is 82.3 cm³/mol. The van der Waals surface area contributed by atoms with Gasteiger partial charge in [-0.2, -0.15) is 0 Å². The van der Waals surface area contributed by atoms with Gasteiger partial charge < -0.3 is 10.4 Å². The molecule has 4 rings (SSSR count). The summed E-state index contributed by atoms with van der Waals surface area (Å²) in [6.07, 6.45) is 2.61. The van der Waals surface area contributed by atoms with Crippen molar-refractivity contribution in [3.05, 3.63) is 0 Å². The monoisotopic (exact) mass is 295 g/mol. The molecule has 5 nitrogen and oxygen atoms in total. The molecule has 5 heteroatoms. The van der Waals surface area contributed by atoms with Crippen LogP contribution >= 0.6 is 0 Å². The first-order valence-electron chi connectivity index (χ1n) is 8.41. The summed E-state index contributed by atoms with van der Waals surface area (Å²) in [4.78, 5) is 16.8. The van der Waals surface area contributed by atoms with Crippen molar-refractivity contribution in [3.8, 4) is 0 Å². The Labute approximate surface area is 127 Å². The van der Waals surface area contributed by atoms with E-state index in [2.05, 4.69) is 29.0 Å². The molecule has 0 saturated carbocycles. The van der Waals surface area contributed by atoms with Gasteiger partial charge in [-0.05, 0) is 50.7 Å². The second-order valence-electron chi connectivity index (χ2n) is 7.47. The number of likely N-dealkylation sites (tertiary alicyclic amines) is 1. The molecule has 4 atom stereocenters. The smallest absolute Gasteiger partial charge is 0.322 e. The van der Waals surface area contributed by atoms with Crippen LogP contribution in [-0.4, -0.2) is 72.2 Å². The third-order valence-electron chi connectivity index (χ3n) is 5.78. The van der Waals surface area contributed by atoms with E-state index in [1.807, 2.05) is 0 Å². The van der Waals surface area contributed by atoms with Gasteiger partial charge in [0.15, 0.2) is 0 Å². The molecule has 4 heterocycles. The second kappa shape index (κ2) is 5.86. The van der Waals surface area contributed by atoms with Crippen molar-refractivity contribution >= 4 is 5.97 Å². The van der Waals surface area contributed by atoms with Crippen LogP contribution in [0.1, 0.15) is 26.7 Å². The Hall–Kier alpha value is -0.650. The Morgan fingerprint density at radius 2 is 2.00 bits per heavy atom. The predicted octanol–water partition coefficient (Wildman–Crippen LogP) is 0.710. The van der Waals surface area contributed by atoms with E-state index in [4.69, 9.17) is 0 Å². The van der Waals surface area contributed by atoms with Gasteiger partial charge in [0, 0.05) is 19.1 Å². The molecule has 0 aromatic heterocycles. The second-order valence-corrected chi connectivity index (χ2v) is 7.47. The molecule has 0 amide bonds. The highest BCUT2D eigenvalue weighted by Gasteiger charge is 2.55. The first kappa shape index (κ1) is 15.3. The van der Waals surface area contributed by atoms with E-state index < -0.39 is 12.0 Å². The Kier molecular flexibility index (Phi) is 4.26. The first-order chi connectivity index (χ1) is 10.0. The molecule has 2 bridgehead atoms. The highest BCUT2D eigenvalue weighted by molar-refractivity contribution is 5.74. The number of rotatable bonds is 5. The van der Waals surface area contributed by atoms with Crippen molar-refractivity contribution < 1.29 is 9.90 Å². The molecular weight excluding hydrogens is 266 g/mol. The zero-order chi connectivity index (χ0) is 15.1. The molecule has 4 saturated heterocycles. The number of nitrogens with zero attached hydrogens (tertiary/aromatic N) is 2. The minimum absolute atomic E-state index is 0.114. The molecule has 0 aromatic rings. The van der Waals surface area contributed by atoms with Gasteiger partial charge >= 0.3 is 5.97 Å². The van der Waals surface area contributed by atoms with E-state index >= 15 is 0 Å². The number of piperidine rings is 3. The number of hydrogen-bond donors (Lipinski definition) is 2. The molecule has 0 aromatic carbocycles. The lowest BCUT2D eigenvalue weighted by Gasteiger charge is -2.50. The van der Waals surface area contributed by atoms with Crippen LogP contribution in [0.4, 0.5) is 0 Å². The zero-order valence-corrected chi connectivity index (χ0v) is 13.5. The van der Waals surface area contributed by atoms with Crippen molar-refractivity contribution in [3.63, 3.8) is 0 Å². The third kappa shape index (κ3) is 2.60. The van der Waals surface area contributed by atoms with Crippen molar-refractivity contribution in [2.75, 3.05) is 33.2 Å². The average Bonchev–Trinajstić information content (AvgIpc) is 2.81. The SMILES string of the molecule is CNC(C(=O)O)C1C2C(CN1CC(C)C)C1CCN2CC1. The lowest BCUT2D eigenvalue weighted by molar-refractivity contribution is -0.142. The summed E-state index contributed by atoms with van der Waals surface area (Å²) in [5.74, 6) is 1.35. The number of likely N-dealkylation sites (N-methyl/N-ethyl adjacent to an activating group) is 1. The maximum absolute atomic E-state index is 11.7. The standard InChI is InChI=1S/C16H29N3O2/c1-10(2)8-19-9-12-11-4-6-18(7-5-11)14(12)15(19)13(17-3)16(20)21/h10-15,17H,4-9H2,1-3H3,(H,20,21). The number of carboxylic acids is 1. The number of aliphatic carboxylic acids is 1. The van der Waals surface area contributed by atoms with Crippen LogP contribution in [0.5, 0.6) is 0 Å². The van der Waals surface area contributed by atoms with E-state index in [1.165, 1.54) is 12.8 Å². The van der Waals surface area contributed by atoms with Crippen LogP contribution in [0.15, 0.2) is 0 Å². The Bertz CT molecular complexity index is 393. The van der Waals surface area contributed by atoms with Crippen molar-refractivity contribution in [1.82, 2.24) is 15.1 Å². The molecule has 0 spiro atoms. The highest BCUT2D eigenvalue weighted by Crippen LogP contribution is 2.44. The van der Waals surface area contributed by atoms with Crippen LogP contribution in [0.25, 0.3) is 0 Å². The minimum Gasteiger partial charge on any atom is -0.480 e. The number of carbonyl (C=O) groups is 1. The van der Waals surface area contributed by atoms with Crippen LogP contribution in [-0.2, 0) is 4.79 Å².